The minimum atomic E-state index is -0.952. The highest BCUT2D eigenvalue weighted by Gasteiger charge is 2.56. The van der Waals surface area contributed by atoms with Crippen LogP contribution < -0.4 is 0 Å². The van der Waals surface area contributed by atoms with E-state index in [1.165, 1.54) is 0 Å². The summed E-state index contributed by atoms with van der Waals surface area (Å²) in [6.07, 6.45) is -1.90. The highest BCUT2D eigenvalue weighted by atomic mass is 35.5. The van der Waals surface area contributed by atoms with Crippen molar-refractivity contribution in [2.75, 3.05) is 0 Å². The molecule has 8 heteroatoms. The van der Waals surface area contributed by atoms with Crippen LogP contribution in [0, 0.1) is 0 Å². The van der Waals surface area contributed by atoms with Crippen LogP contribution >= 0.6 is 46.4 Å². The first-order valence-electron chi connectivity index (χ1n) is 11.8. The third-order valence-corrected chi connectivity index (χ3v) is 8.41. The van der Waals surface area contributed by atoms with Crippen molar-refractivity contribution in [3.63, 3.8) is 0 Å². The summed E-state index contributed by atoms with van der Waals surface area (Å²) in [7, 11) is 0. The molecule has 4 aromatic carbocycles. The number of carbonyl (C=O) groups is 2. The lowest BCUT2D eigenvalue weighted by Gasteiger charge is -2.50. The fourth-order valence-corrected chi connectivity index (χ4v) is 6.69. The molecule has 2 unspecified atom stereocenters. The predicted molar refractivity (Wildman–Crippen MR) is 148 cm³/mol. The molecule has 2 bridgehead atoms. The van der Waals surface area contributed by atoms with Gasteiger partial charge in [-0.15, -0.1) is 0 Å². The van der Waals surface area contributed by atoms with Gasteiger partial charge in [-0.1, -0.05) is 82.8 Å². The maximum atomic E-state index is 13.3. The molecule has 0 radical (unpaired) electrons. The van der Waals surface area contributed by atoms with Gasteiger partial charge in [0.05, 0.1) is 23.0 Å². The molecule has 0 spiro atoms. The van der Waals surface area contributed by atoms with Gasteiger partial charge in [-0.3, -0.25) is 0 Å². The van der Waals surface area contributed by atoms with Gasteiger partial charge >= 0.3 is 11.9 Å². The lowest BCUT2D eigenvalue weighted by atomic mass is 9.60. The van der Waals surface area contributed by atoms with Gasteiger partial charge < -0.3 is 9.47 Å². The van der Waals surface area contributed by atoms with E-state index in [0.717, 1.165) is 0 Å². The fraction of sp³-hybridized carbons (Fsp3) is 0.133. The van der Waals surface area contributed by atoms with Gasteiger partial charge in [-0.2, -0.15) is 0 Å². The van der Waals surface area contributed by atoms with Crippen LogP contribution in [0.1, 0.15) is 54.8 Å². The Balaban J connectivity index is 1.56. The van der Waals surface area contributed by atoms with E-state index in [1.54, 1.807) is 84.9 Å². The molecule has 0 N–H and O–H groups in total. The minimum absolute atomic E-state index is 0.358. The topological polar surface area (TPSA) is 52.6 Å². The maximum Gasteiger partial charge on any atom is 0.338 e. The first-order chi connectivity index (χ1) is 18.4. The van der Waals surface area contributed by atoms with E-state index in [0.29, 0.717) is 53.5 Å². The highest BCUT2D eigenvalue weighted by Crippen LogP contribution is 2.61. The molecule has 0 amide bonds. The Kier molecular flexibility index (Phi) is 6.61. The highest BCUT2D eigenvalue weighted by molar-refractivity contribution is 6.36. The summed E-state index contributed by atoms with van der Waals surface area (Å²) in [6.45, 7) is 0. The molecule has 2 atom stereocenters. The van der Waals surface area contributed by atoms with Crippen molar-refractivity contribution in [2.24, 2.45) is 0 Å². The van der Waals surface area contributed by atoms with E-state index in [9.17, 15) is 9.59 Å². The van der Waals surface area contributed by atoms with Crippen molar-refractivity contribution >= 4 is 58.3 Å². The van der Waals surface area contributed by atoms with Gasteiger partial charge in [-0.25, -0.2) is 9.59 Å². The Hall–Kier alpha value is -3.02. The Morgan fingerprint density at radius 1 is 0.474 bits per heavy atom. The molecule has 38 heavy (non-hydrogen) atoms. The molecule has 7 rings (SSSR count). The molecule has 0 aromatic heterocycles. The number of benzene rings is 4. The van der Waals surface area contributed by atoms with Crippen LogP contribution in [0.5, 0.6) is 0 Å². The Bertz CT molecular complexity index is 1400. The van der Waals surface area contributed by atoms with Crippen molar-refractivity contribution < 1.29 is 19.1 Å². The van der Waals surface area contributed by atoms with Crippen molar-refractivity contribution in [3.05, 3.63) is 138 Å². The fourth-order valence-electron chi connectivity index (χ4n) is 5.56. The van der Waals surface area contributed by atoms with Gasteiger partial charge in [0.25, 0.3) is 0 Å². The molecule has 0 fully saturated rings. The lowest BCUT2D eigenvalue weighted by Crippen LogP contribution is -2.51. The molecular weight excluding hydrogens is 566 g/mol. The average molecular weight is 584 g/mol. The summed E-state index contributed by atoms with van der Waals surface area (Å²) >= 11 is 27.0. The van der Waals surface area contributed by atoms with Crippen LogP contribution in [0.2, 0.25) is 20.1 Å². The van der Waals surface area contributed by atoms with Crippen molar-refractivity contribution in [2.45, 2.75) is 24.0 Å². The minimum Gasteiger partial charge on any atom is -0.454 e. The van der Waals surface area contributed by atoms with Gasteiger partial charge in [-0.05, 0) is 70.8 Å². The van der Waals surface area contributed by atoms with E-state index < -0.39 is 36.0 Å². The number of ether oxygens (including phenoxy) is 2. The van der Waals surface area contributed by atoms with Crippen LogP contribution in [0.3, 0.4) is 0 Å². The van der Waals surface area contributed by atoms with Crippen LogP contribution in [0.25, 0.3) is 0 Å². The van der Waals surface area contributed by atoms with E-state index in [2.05, 4.69) is 0 Å². The number of carbonyl (C=O) groups excluding carboxylic acids is 2. The number of fused-ring (bicyclic) bond motifs is 1. The quantitative estimate of drug-likeness (QED) is 0.227. The summed E-state index contributed by atoms with van der Waals surface area (Å²) < 4.78 is 12.3. The third-order valence-electron chi connectivity index (χ3n) is 7.09. The Morgan fingerprint density at radius 3 is 1.05 bits per heavy atom. The maximum absolute atomic E-state index is 13.3. The zero-order valence-corrected chi connectivity index (χ0v) is 22.6. The number of hydrogen-bond donors (Lipinski definition) is 0. The molecule has 0 saturated heterocycles. The number of hydrogen-bond acceptors (Lipinski definition) is 4. The first kappa shape index (κ1) is 25.3. The molecule has 4 nitrogen and oxygen atoms in total. The molecule has 3 aliphatic carbocycles. The molecule has 4 aromatic rings. The molecular formula is C30H18Cl4O4. The lowest BCUT2D eigenvalue weighted by molar-refractivity contribution is -0.0556. The van der Waals surface area contributed by atoms with Gasteiger partial charge in [0, 0.05) is 20.1 Å². The normalized spacial score (nSPS) is 20.8. The second-order valence-corrected chi connectivity index (χ2v) is 10.8. The summed E-state index contributed by atoms with van der Waals surface area (Å²) in [5.41, 5.74) is 3.43. The zero-order valence-electron chi connectivity index (χ0n) is 19.5. The second kappa shape index (κ2) is 9.94. The zero-order chi connectivity index (χ0) is 26.6. The van der Waals surface area contributed by atoms with Crippen molar-refractivity contribution in [1.82, 2.24) is 0 Å². The standard InChI is InChI=1S/C30H18Cl4O4/c31-17-11-13-19(33)23-21(17)25-22-18(32)12-14-20(34)24(22)26(23)28(38-30(36)16-9-5-2-6-10-16)27(25)37-29(35)15-7-3-1-4-8-15/h1-14,25-28H. The number of esters is 2. The van der Waals surface area contributed by atoms with Gasteiger partial charge in [0.15, 0.2) is 12.2 Å². The number of halogens is 4. The van der Waals surface area contributed by atoms with Crippen LogP contribution in [-0.4, -0.2) is 24.1 Å². The van der Waals surface area contributed by atoms with Crippen LogP contribution in [0.4, 0.5) is 0 Å². The molecule has 3 aliphatic rings. The van der Waals surface area contributed by atoms with Crippen LogP contribution in [0.15, 0.2) is 84.9 Å². The SMILES string of the molecule is O=C(OC1C2c3c(Cl)ccc(Cl)c3C(c3c(Cl)ccc(Cl)c32)C1OC(=O)c1ccccc1)c1ccccc1. The van der Waals surface area contributed by atoms with Crippen LogP contribution in [-0.2, 0) is 9.47 Å². The van der Waals surface area contributed by atoms with Crippen molar-refractivity contribution in [1.29, 1.82) is 0 Å². The third kappa shape index (κ3) is 4.07. The Labute approximate surface area is 239 Å². The van der Waals surface area contributed by atoms with E-state index in [-0.39, 0.29) is 0 Å². The van der Waals surface area contributed by atoms with E-state index >= 15 is 0 Å². The van der Waals surface area contributed by atoms with E-state index in [1.807, 2.05) is 0 Å². The van der Waals surface area contributed by atoms with Gasteiger partial charge in [0.2, 0.25) is 0 Å². The van der Waals surface area contributed by atoms with Gasteiger partial charge in [0.1, 0.15) is 0 Å². The molecule has 190 valence electrons. The first-order valence-corrected chi connectivity index (χ1v) is 13.4. The van der Waals surface area contributed by atoms with Crippen molar-refractivity contribution in [3.8, 4) is 0 Å². The summed E-state index contributed by atoms with van der Waals surface area (Å²) in [6, 6.07) is 24.0. The number of rotatable bonds is 4. The predicted octanol–water partition coefficient (Wildman–Crippen LogP) is 8.34. The second-order valence-electron chi connectivity index (χ2n) is 9.14. The van der Waals surface area contributed by atoms with E-state index in [4.69, 9.17) is 55.9 Å². The molecule has 0 saturated carbocycles. The molecule has 0 aliphatic heterocycles. The summed E-state index contributed by atoms with van der Waals surface area (Å²) in [4.78, 5) is 26.7. The summed E-state index contributed by atoms with van der Waals surface area (Å²) in [5.74, 6) is -2.49. The average Bonchev–Trinajstić information content (AvgIpc) is 2.94. The molecule has 0 heterocycles. The Morgan fingerprint density at radius 2 is 0.763 bits per heavy atom. The monoisotopic (exact) mass is 582 g/mol. The summed E-state index contributed by atoms with van der Waals surface area (Å²) in [5, 5.41) is 1.76. The largest absolute Gasteiger partial charge is 0.454 e. The smallest absolute Gasteiger partial charge is 0.338 e.